The minimum atomic E-state index is -0.842. The van der Waals surface area contributed by atoms with Crippen LogP contribution in [0.1, 0.15) is 201 Å². The summed E-state index contributed by atoms with van der Waals surface area (Å²) in [5.74, 6) is -1.08. The zero-order valence-corrected chi connectivity index (χ0v) is 41.4. The van der Waals surface area contributed by atoms with Crippen LogP contribution in [-0.4, -0.2) is 37.2 Å². The standard InChI is InChI=1S/C59H92O6/c1-4-7-10-13-16-19-22-25-27-29-31-34-37-40-43-46-49-52-58(61)64-55-56(54-63-57(60)51-48-45-42-39-36-33-24-21-18-15-12-9-6-3)65-59(62)53-50-47-44-41-38-35-32-30-28-26-23-20-17-14-11-8-5-2/h9,12,15-21,24-28,31-32,34-35,40-41,43-44,56H,4-8,10-11,13-14,22-23,29-30,33,36-39,42,45-55H2,1-3H3/b12-9+,18-15+,19-16+,20-17+,24-21+,27-25+,28-26+,34-31+,35-32+,43-40+,44-41+. The van der Waals surface area contributed by atoms with Crippen molar-refractivity contribution in [2.24, 2.45) is 0 Å². The molecule has 1 atom stereocenters. The molecule has 0 bridgehead atoms. The van der Waals surface area contributed by atoms with Crippen LogP contribution in [0.15, 0.2) is 134 Å². The lowest BCUT2D eigenvalue weighted by molar-refractivity contribution is -0.167. The Balaban J connectivity index is 4.62. The summed E-state index contributed by atoms with van der Waals surface area (Å²) in [4.78, 5) is 37.9. The van der Waals surface area contributed by atoms with Gasteiger partial charge in [0, 0.05) is 19.3 Å². The number of carbonyl (C=O) groups excluding carboxylic acids is 3. The number of unbranched alkanes of at least 4 members (excludes halogenated alkanes) is 13. The topological polar surface area (TPSA) is 78.9 Å². The van der Waals surface area contributed by atoms with E-state index in [2.05, 4.69) is 148 Å². The molecule has 0 heterocycles. The summed E-state index contributed by atoms with van der Waals surface area (Å²) in [6.07, 6.45) is 73.0. The van der Waals surface area contributed by atoms with Crippen LogP contribution in [0.5, 0.6) is 0 Å². The van der Waals surface area contributed by atoms with Crippen molar-refractivity contribution in [2.45, 2.75) is 207 Å². The third-order valence-corrected chi connectivity index (χ3v) is 10.2. The fourth-order valence-electron chi connectivity index (χ4n) is 6.31. The quantitative estimate of drug-likeness (QED) is 0.0199. The largest absolute Gasteiger partial charge is 0.462 e. The maximum absolute atomic E-state index is 12.8. The summed E-state index contributed by atoms with van der Waals surface area (Å²) >= 11 is 0. The highest BCUT2D eigenvalue weighted by molar-refractivity contribution is 5.71. The molecule has 1 unspecified atom stereocenters. The molecule has 364 valence electrons. The number of rotatable bonds is 44. The zero-order chi connectivity index (χ0) is 47.2. The Morgan fingerprint density at radius 1 is 0.338 bits per heavy atom. The number of hydrogen-bond donors (Lipinski definition) is 0. The Bertz CT molecular complexity index is 1450. The third-order valence-electron chi connectivity index (χ3n) is 10.2. The Labute approximate surface area is 398 Å². The first-order chi connectivity index (χ1) is 32.0. The van der Waals surface area contributed by atoms with Gasteiger partial charge < -0.3 is 14.2 Å². The molecule has 0 spiro atoms. The smallest absolute Gasteiger partial charge is 0.306 e. The van der Waals surface area contributed by atoms with Crippen molar-refractivity contribution >= 4 is 17.9 Å². The molecule has 0 rings (SSSR count). The molecule has 65 heavy (non-hydrogen) atoms. The van der Waals surface area contributed by atoms with Gasteiger partial charge in [-0.3, -0.25) is 14.4 Å². The molecule has 6 heteroatoms. The van der Waals surface area contributed by atoms with Gasteiger partial charge in [-0.2, -0.15) is 0 Å². The third kappa shape index (κ3) is 50.4. The van der Waals surface area contributed by atoms with Gasteiger partial charge in [-0.1, -0.05) is 199 Å². The van der Waals surface area contributed by atoms with Gasteiger partial charge >= 0.3 is 17.9 Å². The van der Waals surface area contributed by atoms with E-state index in [4.69, 9.17) is 14.2 Å². The maximum atomic E-state index is 12.8. The Hall–Kier alpha value is -4.45. The minimum Gasteiger partial charge on any atom is -0.462 e. The van der Waals surface area contributed by atoms with Gasteiger partial charge in [0.1, 0.15) is 13.2 Å². The highest BCUT2D eigenvalue weighted by Gasteiger charge is 2.19. The van der Waals surface area contributed by atoms with Crippen LogP contribution in [0.4, 0.5) is 0 Å². The van der Waals surface area contributed by atoms with Gasteiger partial charge in [0.15, 0.2) is 6.10 Å². The summed E-state index contributed by atoms with van der Waals surface area (Å²) in [5, 5.41) is 0. The van der Waals surface area contributed by atoms with Crippen molar-refractivity contribution in [2.75, 3.05) is 13.2 Å². The number of ether oxygens (including phenoxy) is 3. The highest BCUT2D eigenvalue weighted by atomic mass is 16.6. The van der Waals surface area contributed by atoms with Crippen LogP contribution in [0.2, 0.25) is 0 Å². The minimum absolute atomic E-state index is 0.133. The predicted molar refractivity (Wildman–Crippen MR) is 279 cm³/mol. The van der Waals surface area contributed by atoms with Crippen molar-refractivity contribution in [3.63, 3.8) is 0 Å². The van der Waals surface area contributed by atoms with Crippen LogP contribution in [0.3, 0.4) is 0 Å². The summed E-state index contributed by atoms with van der Waals surface area (Å²) in [7, 11) is 0. The van der Waals surface area contributed by atoms with E-state index in [-0.39, 0.29) is 38.0 Å². The summed E-state index contributed by atoms with van der Waals surface area (Å²) in [6, 6.07) is 0. The molecule has 0 aliphatic carbocycles. The molecule has 0 fully saturated rings. The summed E-state index contributed by atoms with van der Waals surface area (Å²) in [6.45, 7) is 6.31. The second-order valence-electron chi connectivity index (χ2n) is 16.4. The van der Waals surface area contributed by atoms with Crippen molar-refractivity contribution in [3.05, 3.63) is 134 Å². The molecule has 0 saturated carbocycles. The van der Waals surface area contributed by atoms with E-state index in [0.717, 1.165) is 96.3 Å². The van der Waals surface area contributed by atoms with Crippen LogP contribution < -0.4 is 0 Å². The molecule has 0 aromatic carbocycles. The average molecular weight is 897 g/mol. The molecule has 6 nitrogen and oxygen atoms in total. The molecule has 0 aliphatic rings. The van der Waals surface area contributed by atoms with E-state index < -0.39 is 12.1 Å². The van der Waals surface area contributed by atoms with Gasteiger partial charge in [-0.15, -0.1) is 0 Å². The summed E-state index contributed by atoms with van der Waals surface area (Å²) in [5.41, 5.74) is 0. The molecule has 0 aromatic rings. The molecular weight excluding hydrogens is 805 g/mol. The van der Waals surface area contributed by atoms with Crippen molar-refractivity contribution < 1.29 is 28.6 Å². The Morgan fingerprint density at radius 2 is 0.677 bits per heavy atom. The first-order valence-corrected chi connectivity index (χ1v) is 25.7. The van der Waals surface area contributed by atoms with E-state index in [0.29, 0.717) is 19.3 Å². The van der Waals surface area contributed by atoms with Gasteiger partial charge in [-0.25, -0.2) is 0 Å². The average Bonchev–Trinajstić information content (AvgIpc) is 3.30. The number of carbonyl (C=O) groups is 3. The first kappa shape index (κ1) is 60.5. The van der Waals surface area contributed by atoms with Crippen LogP contribution >= 0.6 is 0 Å². The van der Waals surface area contributed by atoms with Crippen molar-refractivity contribution in [1.29, 1.82) is 0 Å². The molecule has 0 radical (unpaired) electrons. The van der Waals surface area contributed by atoms with E-state index in [1.54, 1.807) is 0 Å². The van der Waals surface area contributed by atoms with Gasteiger partial charge in [0.2, 0.25) is 0 Å². The van der Waals surface area contributed by atoms with Gasteiger partial charge in [0.05, 0.1) is 0 Å². The SMILES string of the molecule is CC/C=C/C=C/C=C/CCCCCCCC(=O)OCC(COC(=O)CCC/C=C/C/C=C/C/C=C/C/C=C/CCCCC)OC(=O)CCC/C=C/C/C=C/C/C=C/C/C=C/CCCCC. The number of hydrogen-bond acceptors (Lipinski definition) is 6. The second-order valence-corrected chi connectivity index (χ2v) is 16.4. The maximum Gasteiger partial charge on any atom is 0.306 e. The van der Waals surface area contributed by atoms with Crippen molar-refractivity contribution in [1.82, 2.24) is 0 Å². The molecule has 0 aromatic heterocycles. The van der Waals surface area contributed by atoms with Crippen LogP contribution in [-0.2, 0) is 28.6 Å². The Morgan fingerprint density at radius 3 is 1.12 bits per heavy atom. The van der Waals surface area contributed by atoms with E-state index in [1.165, 1.54) is 51.4 Å². The molecule has 0 saturated heterocycles. The lowest BCUT2D eigenvalue weighted by Gasteiger charge is -2.18. The van der Waals surface area contributed by atoms with Crippen LogP contribution in [0.25, 0.3) is 0 Å². The Kier molecular flexibility index (Phi) is 48.6. The predicted octanol–water partition coefficient (Wildman–Crippen LogP) is 17.1. The molecule has 0 N–H and O–H groups in total. The van der Waals surface area contributed by atoms with E-state index in [9.17, 15) is 14.4 Å². The van der Waals surface area contributed by atoms with Crippen molar-refractivity contribution in [3.8, 4) is 0 Å². The van der Waals surface area contributed by atoms with E-state index in [1.807, 2.05) is 6.08 Å². The lowest BCUT2D eigenvalue weighted by atomic mass is 10.1. The number of allylic oxidation sites excluding steroid dienone is 22. The van der Waals surface area contributed by atoms with Gasteiger partial charge in [0.25, 0.3) is 0 Å². The summed E-state index contributed by atoms with van der Waals surface area (Å²) < 4.78 is 16.7. The zero-order valence-electron chi connectivity index (χ0n) is 41.4. The van der Waals surface area contributed by atoms with Crippen LogP contribution in [0, 0.1) is 0 Å². The first-order valence-electron chi connectivity index (χ1n) is 25.7. The fraction of sp³-hybridized carbons (Fsp3) is 0.576. The highest BCUT2D eigenvalue weighted by Crippen LogP contribution is 2.11. The normalized spacial score (nSPS) is 13.2. The van der Waals surface area contributed by atoms with E-state index >= 15 is 0 Å². The second kappa shape index (κ2) is 52.2. The monoisotopic (exact) mass is 897 g/mol. The fourth-order valence-corrected chi connectivity index (χ4v) is 6.31. The molecular formula is C59H92O6. The molecule has 0 aliphatic heterocycles. The number of esters is 3. The molecule has 0 amide bonds. The van der Waals surface area contributed by atoms with Gasteiger partial charge in [-0.05, 0) is 116 Å². The lowest BCUT2D eigenvalue weighted by Crippen LogP contribution is -2.30.